The van der Waals surface area contributed by atoms with Gasteiger partial charge in [-0.1, -0.05) is 60.7 Å². The molecule has 1 unspecified atom stereocenters. The highest BCUT2D eigenvalue weighted by Crippen LogP contribution is 2.45. The molecule has 0 aromatic heterocycles. The van der Waals surface area contributed by atoms with Gasteiger partial charge in [0.05, 0.1) is 11.9 Å². The quantitative estimate of drug-likeness (QED) is 0.647. The van der Waals surface area contributed by atoms with E-state index in [0.29, 0.717) is 5.69 Å². The van der Waals surface area contributed by atoms with Crippen LogP contribution in [0.25, 0.3) is 16.8 Å². The molecule has 0 saturated carbocycles. The number of hydrogen-bond donors (Lipinski definition) is 1. The van der Waals surface area contributed by atoms with Gasteiger partial charge in [-0.2, -0.15) is 5.26 Å². The summed E-state index contributed by atoms with van der Waals surface area (Å²) >= 11 is 0. The first-order valence-corrected chi connectivity index (χ1v) is 10.1. The zero-order valence-electron chi connectivity index (χ0n) is 16.0. The summed E-state index contributed by atoms with van der Waals surface area (Å²) in [6, 6.07) is 22.9. The Labute approximate surface area is 173 Å². The van der Waals surface area contributed by atoms with Gasteiger partial charge < -0.3 is 0 Å². The summed E-state index contributed by atoms with van der Waals surface area (Å²) in [5.41, 5.74) is 2.69. The van der Waals surface area contributed by atoms with E-state index in [-0.39, 0.29) is 17.9 Å². The number of quaternary nitrogens is 1. The van der Waals surface area contributed by atoms with Crippen molar-refractivity contribution in [3.8, 4) is 6.07 Å². The van der Waals surface area contributed by atoms with Crippen molar-refractivity contribution in [3.63, 3.8) is 0 Å². The topological polar surface area (TPSA) is 65.6 Å². The van der Waals surface area contributed by atoms with Crippen LogP contribution < -0.4 is 9.80 Å². The van der Waals surface area contributed by atoms with Crippen molar-refractivity contribution < 1.29 is 14.5 Å². The summed E-state index contributed by atoms with van der Waals surface area (Å²) in [5, 5.41) is 11.8. The Bertz CT molecular complexity index is 1300. The lowest BCUT2D eigenvalue weighted by Crippen LogP contribution is -3.10. The van der Waals surface area contributed by atoms with Crippen LogP contribution in [-0.4, -0.2) is 17.9 Å². The van der Waals surface area contributed by atoms with E-state index in [4.69, 9.17) is 0 Å². The number of carbonyl (C=O) groups excluding carboxylic acids is 2. The monoisotopic (exact) mass is 392 g/mol. The molecule has 0 radical (unpaired) electrons. The fourth-order valence-corrected chi connectivity index (χ4v) is 5.53. The van der Waals surface area contributed by atoms with Crippen molar-refractivity contribution in [2.45, 2.75) is 12.1 Å². The Balaban J connectivity index is 1.52. The molecule has 0 aliphatic carbocycles. The molecule has 2 fully saturated rings. The normalized spacial score (nSPS) is 28.9. The Kier molecular flexibility index (Phi) is 3.50. The van der Waals surface area contributed by atoms with Gasteiger partial charge in [-0.25, -0.2) is 4.90 Å². The smallest absolute Gasteiger partial charge is 0.245 e. The van der Waals surface area contributed by atoms with E-state index in [1.54, 1.807) is 0 Å². The third-order valence-electron chi connectivity index (χ3n) is 6.77. The van der Waals surface area contributed by atoms with E-state index in [1.165, 1.54) is 4.90 Å². The minimum absolute atomic E-state index is 0.202. The van der Waals surface area contributed by atoms with Crippen LogP contribution in [0, 0.1) is 23.2 Å². The zero-order valence-corrected chi connectivity index (χ0v) is 16.0. The Morgan fingerprint density at radius 1 is 0.867 bits per heavy atom. The molecule has 3 aromatic carbocycles. The maximum atomic E-state index is 13.7. The van der Waals surface area contributed by atoms with Gasteiger partial charge in [0.1, 0.15) is 23.9 Å². The summed E-state index contributed by atoms with van der Waals surface area (Å²) in [7, 11) is 0. The number of amides is 2. The lowest BCUT2D eigenvalue weighted by molar-refractivity contribution is -0.885. The minimum Gasteiger partial charge on any atom is -0.287 e. The molecule has 0 bridgehead atoms. The highest BCUT2D eigenvalue weighted by atomic mass is 16.2. The molecule has 3 aliphatic heterocycles. The molecule has 30 heavy (non-hydrogen) atoms. The van der Waals surface area contributed by atoms with Gasteiger partial charge >= 0.3 is 0 Å². The minimum atomic E-state index is -0.641. The molecule has 2 amide bonds. The molecule has 3 aliphatic rings. The third kappa shape index (κ3) is 2.09. The van der Waals surface area contributed by atoms with Crippen LogP contribution in [0.2, 0.25) is 0 Å². The predicted molar refractivity (Wildman–Crippen MR) is 112 cm³/mol. The molecular formula is C25H18N3O2+. The van der Waals surface area contributed by atoms with Crippen molar-refractivity contribution in [3.05, 3.63) is 84.1 Å². The number of benzene rings is 3. The number of nitrogens with zero attached hydrogens (tertiary/aromatic N) is 2. The highest BCUT2D eigenvalue weighted by Gasteiger charge is 2.66. The third-order valence-corrected chi connectivity index (χ3v) is 6.77. The SMILES string of the molecule is N#C[C@@H]1[C@@H]2C(=O)N(c3cccc4ccccc34)C(=O)[C@@H]2[C@@H]2c3ccccc3C=C[NH+]12. The van der Waals surface area contributed by atoms with Crippen molar-refractivity contribution in [1.82, 2.24) is 0 Å². The average Bonchev–Trinajstić information content (AvgIpc) is 3.26. The van der Waals surface area contributed by atoms with Gasteiger partial charge in [0, 0.05) is 10.9 Å². The molecule has 5 atom stereocenters. The van der Waals surface area contributed by atoms with Gasteiger partial charge in [-0.05, 0) is 23.1 Å². The fraction of sp³-hybridized carbons (Fsp3) is 0.160. The number of hydrogen-bond acceptors (Lipinski definition) is 3. The maximum absolute atomic E-state index is 13.7. The zero-order chi connectivity index (χ0) is 20.4. The first-order chi connectivity index (χ1) is 14.7. The number of carbonyl (C=O) groups is 2. The summed E-state index contributed by atoms with van der Waals surface area (Å²) < 4.78 is 0. The Hall–Kier alpha value is -3.75. The number of nitriles is 1. The first kappa shape index (κ1) is 17.1. The number of imide groups is 1. The second kappa shape index (κ2) is 6.12. The number of nitrogens with one attached hydrogen (secondary N) is 1. The van der Waals surface area contributed by atoms with Crippen LogP contribution in [0.5, 0.6) is 0 Å². The summed E-state index contributed by atoms with van der Waals surface area (Å²) in [6.45, 7) is 0. The van der Waals surface area contributed by atoms with Crippen LogP contribution in [0.4, 0.5) is 5.69 Å². The second-order valence-electron chi connectivity index (χ2n) is 8.11. The molecular weight excluding hydrogens is 374 g/mol. The van der Waals surface area contributed by atoms with Crippen molar-refractivity contribution >= 4 is 34.4 Å². The van der Waals surface area contributed by atoms with E-state index >= 15 is 0 Å². The lowest BCUT2D eigenvalue weighted by Gasteiger charge is -2.29. The van der Waals surface area contributed by atoms with Crippen LogP contribution in [0.1, 0.15) is 17.2 Å². The van der Waals surface area contributed by atoms with Crippen LogP contribution >= 0.6 is 0 Å². The van der Waals surface area contributed by atoms with E-state index in [9.17, 15) is 14.9 Å². The molecule has 3 aromatic rings. The molecule has 3 heterocycles. The van der Waals surface area contributed by atoms with E-state index in [2.05, 4.69) is 6.07 Å². The van der Waals surface area contributed by atoms with E-state index in [1.807, 2.05) is 79.0 Å². The number of anilines is 1. The van der Waals surface area contributed by atoms with Crippen molar-refractivity contribution in [1.29, 1.82) is 5.26 Å². The van der Waals surface area contributed by atoms with Crippen molar-refractivity contribution in [2.24, 2.45) is 11.8 Å². The molecule has 144 valence electrons. The number of fused-ring (bicyclic) bond motifs is 6. The molecule has 5 nitrogen and oxygen atoms in total. The van der Waals surface area contributed by atoms with E-state index < -0.39 is 17.9 Å². The van der Waals surface area contributed by atoms with Gasteiger partial charge in [-0.3, -0.25) is 14.5 Å². The first-order valence-electron chi connectivity index (χ1n) is 10.1. The standard InChI is InChI=1S/C25H17N3O2/c26-14-20-21-22(23-18-10-4-2-7-16(18)12-13-27(20)23)25(30)28(24(21)29)19-11-5-8-15-6-1-3-9-17(15)19/h1-13,20-23H/p+1/t20-,21+,22+,23+/m1/s1. The van der Waals surface area contributed by atoms with Gasteiger partial charge in [0.25, 0.3) is 0 Å². The molecule has 5 heteroatoms. The van der Waals surface area contributed by atoms with Crippen molar-refractivity contribution in [2.75, 3.05) is 4.90 Å². The van der Waals surface area contributed by atoms with Crippen LogP contribution in [-0.2, 0) is 9.59 Å². The van der Waals surface area contributed by atoms with E-state index in [0.717, 1.165) is 26.8 Å². The Morgan fingerprint density at radius 2 is 1.60 bits per heavy atom. The fourth-order valence-electron chi connectivity index (χ4n) is 5.53. The summed E-state index contributed by atoms with van der Waals surface area (Å²) in [5.74, 6) is -1.65. The maximum Gasteiger partial charge on any atom is 0.245 e. The van der Waals surface area contributed by atoms with Gasteiger partial charge in [-0.15, -0.1) is 0 Å². The van der Waals surface area contributed by atoms with Crippen LogP contribution in [0.3, 0.4) is 0 Å². The second-order valence-corrected chi connectivity index (χ2v) is 8.11. The molecule has 6 rings (SSSR count). The average molecular weight is 392 g/mol. The summed E-state index contributed by atoms with van der Waals surface area (Å²) in [6.07, 6.45) is 3.94. The molecule has 2 saturated heterocycles. The molecule has 1 N–H and O–H groups in total. The predicted octanol–water partition coefficient (Wildman–Crippen LogP) is 2.46. The summed E-state index contributed by atoms with van der Waals surface area (Å²) in [4.78, 5) is 29.5. The number of rotatable bonds is 1. The lowest BCUT2D eigenvalue weighted by atomic mass is 9.85. The molecule has 0 spiro atoms. The van der Waals surface area contributed by atoms with Gasteiger partial charge in [0.2, 0.25) is 11.8 Å². The van der Waals surface area contributed by atoms with Crippen LogP contribution in [0.15, 0.2) is 72.9 Å². The van der Waals surface area contributed by atoms with Gasteiger partial charge in [0.15, 0.2) is 6.04 Å². The highest BCUT2D eigenvalue weighted by molar-refractivity contribution is 6.25. The largest absolute Gasteiger partial charge is 0.287 e. The Morgan fingerprint density at radius 3 is 2.47 bits per heavy atom.